The lowest BCUT2D eigenvalue weighted by Crippen LogP contribution is -2.50. The first-order valence-electron chi connectivity index (χ1n) is 10.6. The molecule has 3 aromatic rings. The third kappa shape index (κ3) is 3.49. The summed E-state index contributed by atoms with van der Waals surface area (Å²) < 4.78 is 38.9. The standard InChI is InChI=1S/C24H24N2O5S/c1-30-22-8-4-7-19-16-31-24(27)26(23(19)22)20-11-13-25(14-12-20)32(28,29)21-10-9-17-5-2-3-6-18(17)15-21/h2-10,15,20H,11-14,16H2,1H3. The largest absolute Gasteiger partial charge is 0.495 e. The number of carbonyl (C=O) groups excluding carboxylic acids is 1. The summed E-state index contributed by atoms with van der Waals surface area (Å²) in [5, 5.41) is 1.89. The highest BCUT2D eigenvalue weighted by Crippen LogP contribution is 2.39. The van der Waals surface area contributed by atoms with E-state index in [2.05, 4.69) is 0 Å². The number of ether oxygens (including phenoxy) is 2. The fourth-order valence-electron chi connectivity index (χ4n) is 4.57. The van der Waals surface area contributed by atoms with Gasteiger partial charge in [0.05, 0.1) is 17.7 Å². The summed E-state index contributed by atoms with van der Waals surface area (Å²) in [5.41, 5.74) is 1.61. The fraction of sp³-hybridized carbons (Fsp3) is 0.292. The zero-order valence-corrected chi connectivity index (χ0v) is 18.5. The van der Waals surface area contributed by atoms with E-state index in [9.17, 15) is 13.2 Å². The van der Waals surface area contributed by atoms with Crippen LogP contribution in [0.2, 0.25) is 0 Å². The fourth-order valence-corrected chi connectivity index (χ4v) is 6.08. The number of hydrogen-bond acceptors (Lipinski definition) is 5. The van der Waals surface area contributed by atoms with Gasteiger partial charge in [0.15, 0.2) is 0 Å². The Morgan fingerprint density at radius 1 is 0.969 bits per heavy atom. The van der Waals surface area contributed by atoms with E-state index in [1.807, 2.05) is 48.5 Å². The lowest BCUT2D eigenvalue weighted by atomic mass is 10.0. The third-order valence-corrected chi connectivity index (χ3v) is 8.13. The maximum absolute atomic E-state index is 13.3. The summed E-state index contributed by atoms with van der Waals surface area (Å²) in [4.78, 5) is 14.6. The van der Waals surface area contributed by atoms with Crippen LogP contribution in [0.15, 0.2) is 65.6 Å². The number of piperidine rings is 1. The van der Waals surface area contributed by atoms with Crippen LogP contribution in [0.5, 0.6) is 5.75 Å². The van der Waals surface area contributed by atoms with E-state index in [4.69, 9.17) is 9.47 Å². The molecule has 166 valence electrons. The molecule has 3 aromatic carbocycles. The molecule has 0 radical (unpaired) electrons. The third-order valence-electron chi connectivity index (χ3n) is 6.24. The van der Waals surface area contributed by atoms with Crippen molar-refractivity contribution in [1.82, 2.24) is 4.31 Å². The number of anilines is 1. The monoisotopic (exact) mass is 452 g/mol. The van der Waals surface area contributed by atoms with E-state index in [1.165, 1.54) is 4.31 Å². The first-order chi connectivity index (χ1) is 15.5. The maximum Gasteiger partial charge on any atom is 0.415 e. The van der Waals surface area contributed by atoms with Crippen molar-refractivity contribution in [3.8, 4) is 5.75 Å². The molecule has 7 nitrogen and oxygen atoms in total. The van der Waals surface area contributed by atoms with Crippen LogP contribution in [0.3, 0.4) is 0 Å². The summed E-state index contributed by atoms with van der Waals surface area (Å²) in [6.45, 7) is 0.860. The number of amides is 1. The molecule has 1 amide bonds. The number of cyclic esters (lactones) is 1. The Kier molecular flexibility index (Phi) is 5.27. The van der Waals surface area contributed by atoms with Gasteiger partial charge in [-0.1, -0.05) is 42.5 Å². The predicted molar refractivity (Wildman–Crippen MR) is 121 cm³/mol. The van der Waals surface area contributed by atoms with Crippen molar-refractivity contribution in [2.24, 2.45) is 0 Å². The highest BCUT2D eigenvalue weighted by molar-refractivity contribution is 7.89. The highest BCUT2D eigenvalue weighted by atomic mass is 32.2. The average molecular weight is 453 g/mol. The number of benzene rings is 3. The number of hydrogen-bond donors (Lipinski definition) is 0. The topological polar surface area (TPSA) is 76.2 Å². The molecule has 1 fully saturated rings. The summed E-state index contributed by atoms with van der Waals surface area (Å²) in [5.74, 6) is 0.616. The zero-order chi connectivity index (χ0) is 22.3. The molecule has 0 aliphatic carbocycles. The second-order valence-electron chi connectivity index (χ2n) is 8.04. The normalized spacial score (nSPS) is 17.8. The molecule has 0 aromatic heterocycles. The van der Waals surface area contributed by atoms with Gasteiger partial charge >= 0.3 is 6.09 Å². The molecule has 2 aliphatic heterocycles. The van der Waals surface area contributed by atoms with Gasteiger partial charge in [0.25, 0.3) is 0 Å². The Morgan fingerprint density at radius 2 is 1.72 bits per heavy atom. The molecule has 2 heterocycles. The van der Waals surface area contributed by atoms with Crippen LogP contribution in [0.1, 0.15) is 18.4 Å². The van der Waals surface area contributed by atoms with E-state index >= 15 is 0 Å². The maximum atomic E-state index is 13.3. The summed E-state index contributed by atoms with van der Waals surface area (Å²) in [6.07, 6.45) is 0.608. The molecule has 8 heteroatoms. The number of methoxy groups -OCH3 is 1. The van der Waals surface area contributed by atoms with Gasteiger partial charge in [0, 0.05) is 24.7 Å². The molecule has 0 bridgehead atoms. The molecule has 32 heavy (non-hydrogen) atoms. The van der Waals surface area contributed by atoms with Crippen molar-refractivity contribution in [3.63, 3.8) is 0 Å². The van der Waals surface area contributed by atoms with Crippen molar-refractivity contribution in [2.45, 2.75) is 30.4 Å². The molecule has 5 rings (SSSR count). The van der Waals surface area contributed by atoms with Crippen molar-refractivity contribution < 1.29 is 22.7 Å². The summed E-state index contributed by atoms with van der Waals surface area (Å²) >= 11 is 0. The highest BCUT2D eigenvalue weighted by Gasteiger charge is 2.38. The molecule has 0 spiro atoms. The Morgan fingerprint density at radius 3 is 2.47 bits per heavy atom. The summed E-state index contributed by atoms with van der Waals surface area (Å²) in [7, 11) is -2.04. The Balaban J connectivity index is 1.38. The number of rotatable bonds is 4. The number of sulfonamides is 1. The van der Waals surface area contributed by atoms with Gasteiger partial charge < -0.3 is 9.47 Å². The number of para-hydroxylation sites is 1. The van der Waals surface area contributed by atoms with Gasteiger partial charge in [-0.2, -0.15) is 4.31 Å². The minimum atomic E-state index is -3.62. The van der Waals surface area contributed by atoms with Crippen LogP contribution in [-0.4, -0.2) is 45.1 Å². The second kappa shape index (κ2) is 8.11. The minimum absolute atomic E-state index is 0.166. The molecule has 0 saturated carbocycles. The lowest BCUT2D eigenvalue weighted by molar-refractivity contribution is 0.135. The van der Waals surface area contributed by atoms with Gasteiger partial charge in [-0.3, -0.25) is 4.90 Å². The first-order valence-corrected chi connectivity index (χ1v) is 12.0. The molecule has 2 aliphatic rings. The van der Waals surface area contributed by atoms with E-state index in [0.29, 0.717) is 36.6 Å². The molecule has 1 saturated heterocycles. The lowest BCUT2D eigenvalue weighted by Gasteiger charge is -2.40. The minimum Gasteiger partial charge on any atom is -0.495 e. The van der Waals surface area contributed by atoms with E-state index in [-0.39, 0.29) is 12.6 Å². The molecular formula is C24H24N2O5S. The van der Waals surface area contributed by atoms with E-state index in [1.54, 1.807) is 24.1 Å². The Bertz CT molecular complexity index is 1270. The van der Waals surface area contributed by atoms with Crippen LogP contribution in [0, 0.1) is 0 Å². The van der Waals surface area contributed by atoms with Crippen molar-refractivity contribution in [3.05, 3.63) is 66.2 Å². The van der Waals surface area contributed by atoms with E-state index in [0.717, 1.165) is 22.0 Å². The SMILES string of the molecule is COc1cccc2c1N(C1CCN(S(=O)(=O)c3ccc4ccccc4c3)CC1)C(=O)OC2. The molecular weight excluding hydrogens is 428 g/mol. The van der Waals surface area contributed by atoms with Crippen molar-refractivity contribution in [2.75, 3.05) is 25.1 Å². The Hall–Kier alpha value is -3.10. The van der Waals surface area contributed by atoms with Crippen LogP contribution in [-0.2, 0) is 21.4 Å². The quantitative estimate of drug-likeness (QED) is 0.594. The smallest absolute Gasteiger partial charge is 0.415 e. The van der Waals surface area contributed by atoms with Gasteiger partial charge in [0.2, 0.25) is 10.0 Å². The van der Waals surface area contributed by atoms with Crippen LogP contribution < -0.4 is 9.64 Å². The number of carbonyl (C=O) groups is 1. The number of fused-ring (bicyclic) bond motifs is 2. The van der Waals surface area contributed by atoms with Gasteiger partial charge in [-0.05, 0) is 41.8 Å². The molecule has 0 unspecified atom stereocenters. The average Bonchev–Trinajstić information content (AvgIpc) is 2.83. The van der Waals surface area contributed by atoms with Crippen molar-refractivity contribution >= 4 is 32.6 Å². The van der Waals surface area contributed by atoms with Crippen LogP contribution >= 0.6 is 0 Å². The van der Waals surface area contributed by atoms with Gasteiger partial charge in [0.1, 0.15) is 12.4 Å². The summed E-state index contributed by atoms with van der Waals surface area (Å²) in [6, 6.07) is 18.4. The van der Waals surface area contributed by atoms with E-state index < -0.39 is 16.1 Å². The molecule has 0 N–H and O–H groups in total. The zero-order valence-electron chi connectivity index (χ0n) is 17.7. The Labute approximate surface area is 187 Å². The van der Waals surface area contributed by atoms with Crippen LogP contribution in [0.4, 0.5) is 10.5 Å². The first kappa shape index (κ1) is 20.8. The molecule has 0 atom stereocenters. The van der Waals surface area contributed by atoms with Crippen LogP contribution in [0.25, 0.3) is 10.8 Å². The number of nitrogens with zero attached hydrogens (tertiary/aromatic N) is 2. The van der Waals surface area contributed by atoms with Gasteiger partial charge in [-0.15, -0.1) is 0 Å². The van der Waals surface area contributed by atoms with Crippen molar-refractivity contribution in [1.29, 1.82) is 0 Å². The second-order valence-corrected chi connectivity index (χ2v) is 9.97. The van der Waals surface area contributed by atoms with Gasteiger partial charge in [-0.25, -0.2) is 13.2 Å². The predicted octanol–water partition coefficient (Wildman–Crippen LogP) is 4.16.